The van der Waals surface area contributed by atoms with Gasteiger partial charge in [0.15, 0.2) is 0 Å². The van der Waals surface area contributed by atoms with Gasteiger partial charge in [-0.25, -0.2) is 0 Å². The SMILES string of the molecule is CC(C)Oc1n[nH]cc1Oc1ccccc1. The van der Waals surface area contributed by atoms with Crippen molar-refractivity contribution in [3.05, 3.63) is 36.5 Å². The molecule has 0 radical (unpaired) electrons. The topological polar surface area (TPSA) is 47.1 Å². The third-order valence-corrected chi connectivity index (χ3v) is 1.89. The number of H-pyrrole nitrogens is 1. The Bertz CT molecular complexity index is 437. The van der Waals surface area contributed by atoms with E-state index in [9.17, 15) is 0 Å². The summed E-state index contributed by atoms with van der Waals surface area (Å²) in [4.78, 5) is 0. The second kappa shape index (κ2) is 4.70. The number of aromatic amines is 1. The zero-order chi connectivity index (χ0) is 11.4. The van der Waals surface area contributed by atoms with Gasteiger partial charge >= 0.3 is 0 Å². The van der Waals surface area contributed by atoms with Crippen molar-refractivity contribution in [2.24, 2.45) is 0 Å². The number of hydrogen-bond acceptors (Lipinski definition) is 3. The van der Waals surface area contributed by atoms with Crippen molar-refractivity contribution >= 4 is 0 Å². The van der Waals surface area contributed by atoms with E-state index < -0.39 is 0 Å². The molecule has 2 rings (SSSR count). The Morgan fingerprint density at radius 2 is 1.94 bits per heavy atom. The molecule has 0 saturated carbocycles. The Hall–Kier alpha value is -1.97. The number of aromatic nitrogens is 2. The summed E-state index contributed by atoms with van der Waals surface area (Å²) < 4.78 is 11.1. The summed E-state index contributed by atoms with van der Waals surface area (Å²) in [5.74, 6) is 1.84. The Balaban J connectivity index is 2.13. The summed E-state index contributed by atoms with van der Waals surface area (Å²) in [6, 6.07) is 9.53. The van der Waals surface area contributed by atoms with Crippen LogP contribution in [-0.2, 0) is 0 Å². The fraction of sp³-hybridized carbons (Fsp3) is 0.250. The van der Waals surface area contributed by atoms with E-state index in [1.165, 1.54) is 0 Å². The van der Waals surface area contributed by atoms with E-state index in [2.05, 4.69) is 10.2 Å². The molecule has 0 saturated heterocycles. The minimum absolute atomic E-state index is 0.0708. The van der Waals surface area contributed by atoms with E-state index in [-0.39, 0.29) is 6.10 Å². The highest BCUT2D eigenvalue weighted by molar-refractivity contribution is 5.35. The van der Waals surface area contributed by atoms with Crippen LogP contribution in [0.2, 0.25) is 0 Å². The minimum atomic E-state index is 0.0708. The van der Waals surface area contributed by atoms with Crippen LogP contribution < -0.4 is 9.47 Å². The van der Waals surface area contributed by atoms with Gasteiger partial charge < -0.3 is 9.47 Å². The summed E-state index contributed by atoms with van der Waals surface area (Å²) in [5.41, 5.74) is 0. The fourth-order valence-electron chi connectivity index (χ4n) is 1.26. The van der Waals surface area contributed by atoms with E-state index in [1.54, 1.807) is 6.20 Å². The summed E-state index contributed by atoms with van der Waals surface area (Å²) in [7, 11) is 0. The maximum atomic E-state index is 5.63. The van der Waals surface area contributed by atoms with Crippen molar-refractivity contribution in [3.63, 3.8) is 0 Å². The quantitative estimate of drug-likeness (QED) is 0.858. The van der Waals surface area contributed by atoms with Gasteiger partial charge in [-0.05, 0) is 26.0 Å². The first kappa shape index (κ1) is 10.5. The van der Waals surface area contributed by atoms with Gasteiger partial charge in [0.05, 0.1) is 12.3 Å². The van der Waals surface area contributed by atoms with Gasteiger partial charge in [0.1, 0.15) is 5.75 Å². The molecule has 1 aromatic carbocycles. The molecule has 16 heavy (non-hydrogen) atoms. The van der Waals surface area contributed by atoms with Crippen LogP contribution in [0.15, 0.2) is 36.5 Å². The van der Waals surface area contributed by atoms with Gasteiger partial charge in [0, 0.05) is 0 Å². The Morgan fingerprint density at radius 3 is 2.62 bits per heavy atom. The zero-order valence-corrected chi connectivity index (χ0v) is 9.31. The number of para-hydroxylation sites is 1. The normalized spacial score (nSPS) is 10.4. The third kappa shape index (κ3) is 2.53. The third-order valence-electron chi connectivity index (χ3n) is 1.89. The number of ether oxygens (including phenoxy) is 2. The van der Waals surface area contributed by atoms with Crippen molar-refractivity contribution in [3.8, 4) is 17.4 Å². The molecule has 0 spiro atoms. The van der Waals surface area contributed by atoms with E-state index in [0.717, 1.165) is 5.75 Å². The van der Waals surface area contributed by atoms with Crippen LogP contribution in [0.4, 0.5) is 0 Å². The van der Waals surface area contributed by atoms with E-state index in [4.69, 9.17) is 9.47 Å². The molecule has 1 aromatic heterocycles. The predicted molar refractivity (Wildman–Crippen MR) is 60.9 cm³/mol. The van der Waals surface area contributed by atoms with Crippen molar-refractivity contribution in [2.45, 2.75) is 20.0 Å². The molecule has 1 heterocycles. The first-order chi connectivity index (χ1) is 7.75. The second-order valence-electron chi connectivity index (χ2n) is 3.64. The number of benzene rings is 1. The molecule has 0 unspecified atom stereocenters. The zero-order valence-electron chi connectivity index (χ0n) is 9.31. The van der Waals surface area contributed by atoms with Crippen LogP contribution in [-0.4, -0.2) is 16.3 Å². The van der Waals surface area contributed by atoms with E-state index >= 15 is 0 Å². The minimum Gasteiger partial charge on any atom is -0.471 e. The molecule has 84 valence electrons. The lowest BCUT2D eigenvalue weighted by Crippen LogP contribution is -2.06. The highest BCUT2D eigenvalue weighted by Gasteiger charge is 2.10. The summed E-state index contributed by atoms with van der Waals surface area (Å²) in [5, 5.41) is 6.70. The Labute approximate surface area is 94.2 Å². The molecule has 0 aliphatic carbocycles. The summed E-state index contributed by atoms with van der Waals surface area (Å²) >= 11 is 0. The van der Waals surface area contributed by atoms with Crippen LogP contribution in [0.3, 0.4) is 0 Å². The summed E-state index contributed by atoms with van der Waals surface area (Å²) in [6.07, 6.45) is 1.74. The van der Waals surface area contributed by atoms with Crippen LogP contribution in [0.5, 0.6) is 17.4 Å². The Morgan fingerprint density at radius 1 is 1.19 bits per heavy atom. The molecule has 0 amide bonds. The van der Waals surface area contributed by atoms with Crippen molar-refractivity contribution in [1.82, 2.24) is 10.2 Å². The van der Waals surface area contributed by atoms with Crippen LogP contribution in [0.1, 0.15) is 13.8 Å². The highest BCUT2D eigenvalue weighted by atomic mass is 16.5. The van der Waals surface area contributed by atoms with Gasteiger partial charge in [-0.15, -0.1) is 5.10 Å². The first-order valence-electron chi connectivity index (χ1n) is 5.19. The molecule has 0 atom stereocenters. The molecule has 0 aliphatic rings. The second-order valence-corrected chi connectivity index (χ2v) is 3.64. The van der Waals surface area contributed by atoms with Crippen molar-refractivity contribution in [2.75, 3.05) is 0 Å². The fourth-order valence-corrected chi connectivity index (χ4v) is 1.26. The average Bonchev–Trinajstić information content (AvgIpc) is 2.66. The van der Waals surface area contributed by atoms with Gasteiger partial charge in [-0.1, -0.05) is 18.2 Å². The van der Waals surface area contributed by atoms with Gasteiger partial charge in [0.2, 0.25) is 5.75 Å². The van der Waals surface area contributed by atoms with Gasteiger partial charge in [-0.3, -0.25) is 5.10 Å². The molecule has 0 aliphatic heterocycles. The average molecular weight is 218 g/mol. The lowest BCUT2D eigenvalue weighted by atomic mass is 10.3. The van der Waals surface area contributed by atoms with Gasteiger partial charge in [0.25, 0.3) is 5.88 Å². The van der Waals surface area contributed by atoms with Gasteiger partial charge in [-0.2, -0.15) is 0 Å². The Kier molecular flexibility index (Phi) is 3.10. The van der Waals surface area contributed by atoms with Crippen LogP contribution in [0.25, 0.3) is 0 Å². The van der Waals surface area contributed by atoms with Crippen molar-refractivity contribution < 1.29 is 9.47 Å². The molecule has 2 aromatic rings. The molecule has 0 bridgehead atoms. The largest absolute Gasteiger partial charge is 0.471 e. The highest BCUT2D eigenvalue weighted by Crippen LogP contribution is 2.29. The monoisotopic (exact) mass is 218 g/mol. The number of hydrogen-bond donors (Lipinski definition) is 1. The number of nitrogens with zero attached hydrogens (tertiary/aromatic N) is 1. The number of rotatable bonds is 4. The predicted octanol–water partition coefficient (Wildman–Crippen LogP) is 2.99. The number of nitrogens with one attached hydrogen (secondary N) is 1. The maximum absolute atomic E-state index is 5.63. The standard InChI is InChI=1S/C12H14N2O2/c1-9(2)15-12-11(8-13-14-12)16-10-6-4-3-5-7-10/h3-9H,1-2H3,(H,13,14). The smallest absolute Gasteiger partial charge is 0.276 e. The molecule has 1 N–H and O–H groups in total. The maximum Gasteiger partial charge on any atom is 0.276 e. The molecule has 0 fully saturated rings. The lowest BCUT2D eigenvalue weighted by molar-refractivity contribution is 0.224. The van der Waals surface area contributed by atoms with Crippen LogP contribution >= 0.6 is 0 Å². The molecule has 4 heteroatoms. The molecule has 4 nitrogen and oxygen atoms in total. The van der Waals surface area contributed by atoms with E-state index in [0.29, 0.717) is 11.6 Å². The molecular formula is C12H14N2O2. The lowest BCUT2D eigenvalue weighted by Gasteiger charge is -2.09. The van der Waals surface area contributed by atoms with Crippen LogP contribution in [0, 0.1) is 0 Å². The summed E-state index contributed by atoms with van der Waals surface area (Å²) in [6.45, 7) is 3.89. The van der Waals surface area contributed by atoms with E-state index in [1.807, 2.05) is 44.2 Å². The molecular weight excluding hydrogens is 204 g/mol. The van der Waals surface area contributed by atoms with Crippen molar-refractivity contribution in [1.29, 1.82) is 0 Å². The first-order valence-corrected chi connectivity index (χ1v) is 5.19.